The summed E-state index contributed by atoms with van der Waals surface area (Å²) in [6.45, 7) is 0.464. The van der Waals surface area contributed by atoms with E-state index >= 15 is 0 Å². The maximum atomic E-state index is 12.4. The molecule has 0 atom stereocenters. The van der Waals surface area contributed by atoms with Crippen molar-refractivity contribution in [3.05, 3.63) is 77.8 Å². The molecule has 1 aromatic carbocycles. The smallest absolute Gasteiger partial charge is 0.261 e. The fraction of sp³-hybridized carbons (Fsp3) is 0.143. The summed E-state index contributed by atoms with van der Waals surface area (Å²) in [5, 5.41) is 16.7. The van der Waals surface area contributed by atoms with Gasteiger partial charge in [0.1, 0.15) is 11.6 Å². The highest BCUT2D eigenvalue weighted by atomic mass is 16.1. The monoisotopic (exact) mass is 357 g/mol. The van der Waals surface area contributed by atoms with Crippen LogP contribution in [0.15, 0.2) is 66.6 Å². The molecule has 2 heterocycles. The summed E-state index contributed by atoms with van der Waals surface area (Å²) in [5.41, 5.74) is 3.46. The molecule has 0 aliphatic heterocycles. The number of nitriles is 1. The zero-order chi connectivity index (χ0) is 19.1. The van der Waals surface area contributed by atoms with Gasteiger partial charge in [0.05, 0.1) is 5.69 Å². The minimum atomic E-state index is -0.391. The summed E-state index contributed by atoms with van der Waals surface area (Å²) in [5.74, 6) is -0.391. The first-order valence-electron chi connectivity index (χ1n) is 8.55. The molecule has 0 unspecified atom stereocenters. The number of pyridine rings is 1. The second-order valence-corrected chi connectivity index (χ2v) is 6.00. The van der Waals surface area contributed by atoms with E-state index in [0.717, 1.165) is 11.1 Å². The van der Waals surface area contributed by atoms with Gasteiger partial charge in [0.25, 0.3) is 5.91 Å². The van der Waals surface area contributed by atoms with Crippen LogP contribution >= 0.6 is 0 Å². The van der Waals surface area contributed by atoms with Crippen molar-refractivity contribution in [3.63, 3.8) is 0 Å². The number of nitrogens with one attached hydrogen (secondary N) is 1. The Labute approximate surface area is 157 Å². The van der Waals surface area contributed by atoms with Crippen molar-refractivity contribution < 1.29 is 4.79 Å². The predicted molar refractivity (Wildman–Crippen MR) is 103 cm³/mol. The largest absolute Gasteiger partial charge is 0.351 e. The summed E-state index contributed by atoms with van der Waals surface area (Å²) in [6, 6.07) is 15.5. The normalized spacial score (nSPS) is 11.0. The molecule has 1 amide bonds. The van der Waals surface area contributed by atoms with Crippen LogP contribution < -0.4 is 5.32 Å². The zero-order valence-corrected chi connectivity index (χ0v) is 15.0. The lowest BCUT2D eigenvalue weighted by Gasteiger charge is -2.05. The van der Waals surface area contributed by atoms with Gasteiger partial charge in [-0.2, -0.15) is 10.4 Å². The van der Waals surface area contributed by atoms with E-state index in [2.05, 4.69) is 15.4 Å². The molecule has 0 saturated carbocycles. The fourth-order valence-electron chi connectivity index (χ4n) is 2.71. The van der Waals surface area contributed by atoms with E-state index in [1.54, 1.807) is 36.4 Å². The number of hydrogen-bond acceptors (Lipinski definition) is 4. The average Bonchev–Trinajstić information content (AvgIpc) is 3.07. The van der Waals surface area contributed by atoms with Crippen LogP contribution in [0.5, 0.6) is 0 Å². The number of nitrogens with zero attached hydrogens (tertiary/aromatic N) is 4. The quantitative estimate of drug-likeness (QED) is 0.543. The average molecular weight is 357 g/mol. The number of amides is 1. The number of carbonyl (C=O) groups excluding carboxylic acids is 1. The van der Waals surface area contributed by atoms with E-state index in [-0.39, 0.29) is 5.57 Å². The van der Waals surface area contributed by atoms with Crippen molar-refractivity contribution >= 4 is 12.0 Å². The molecule has 2 aromatic heterocycles. The van der Waals surface area contributed by atoms with Crippen molar-refractivity contribution in [2.75, 3.05) is 6.54 Å². The second-order valence-electron chi connectivity index (χ2n) is 6.00. The Balaban J connectivity index is 1.75. The molecule has 134 valence electrons. The fourth-order valence-corrected chi connectivity index (χ4v) is 2.71. The number of carbonyl (C=O) groups is 1. The molecule has 3 rings (SSSR count). The van der Waals surface area contributed by atoms with Gasteiger partial charge in [-0.15, -0.1) is 0 Å². The maximum Gasteiger partial charge on any atom is 0.261 e. The summed E-state index contributed by atoms with van der Waals surface area (Å²) in [6.07, 6.45) is 7.42. The molecule has 0 fully saturated rings. The first-order valence-corrected chi connectivity index (χ1v) is 8.55. The van der Waals surface area contributed by atoms with Crippen LogP contribution in [-0.2, 0) is 18.3 Å². The Bertz CT molecular complexity index is 984. The van der Waals surface area contributed by atoms with Gasteiger partial charge in [-0.1, -0.05) is 30.3 Å². The van der Waals surface area contributed by atoms with E-state index in [0.29, 0.717) is 24.2 Å². The SMILES string of the molecule is Cn1cc(C=C(C#N)C(=O)NCCc2ccccc2)c(-c2ccncc2)n1. The Morgan fingerprint density at radius 3 is 2.67 bits per heavy atom. The highest BCUT2D eigenvalue weighted by molar-refractivity contribution is 6.02. The van der Waals surface area contributed by atoms with E-state index in [4.69, 9.17) is 0 Å². The third kappa shape index (κ3) is 4.67. The van der Waals surface area contributed by atoms with Crippen molar-refractivity contribution in [2.45, 2.75) is 6.42 Å². The van der Waals surface area contributed by atoms with Gasteiger partial charge in [0.2, 0.25) is 0 Å². The van der Waals surface area contributed by atoms with Gasteiger partial charge in [-0.05, 0) is 30.2 Å². The summed E-state index contributed by atoms with van der Waals surface area (Å²) in [4.78, 5) is 16.4. The molecule has 0 aliphatic carbocycles. The highest BCUT2D eigenvalue weighted by Crippen LogP contribution is 2.23. The van der Waals surface area contributed by atoms with Gasteiger partial charge >= 0.3 is 0 Å². The van der Waals surface area contributed by atoms with Crippen LogP contribution in [-0.4, -0.2) is 27.2 Å². The Morgan fingerprint density at radius 1 is 1.22 bits per heavy atom. The molecule has 3 aromatic rings. The highest BCUT2D eigenvalue weighted by Gasteiger charge is 2.13. The van der Waals surface area contributed by atoms with Crippen LogP contribution in [0.1, 0.15) is 11.1 Å². The van der Waals surface area contributed by atoms with Gasteiger partial charge in [-0.25, -0.2) is 0 Å². The van der Waals surface area contributed by atoms with Crippen LogP contribution in [0.2, 0.25) is 0 Å². The van der Waals surface area contributed by atoms with E-state index in [1.165, 1.54) is 0 Å². The van der Waals surface area contributed by atoms with Gasteiger partial charge < -0.3 is 5.32 Å². The second kappa shape index (κ2) is 8.59. The summed E-state index contributed by atoms with van der Waals surface area (Å²) in [7, 11) is 1.80. The first-order chi connectivity index (χ1) is 13.2. The van der Waals surface area contributed by atoms with Gasteiger partial charge in [-0.3, -0.25) is 14.5 Å². The summed E-state index contributed by atoms with van der Waals surface area (Å²) < 4.78 is 1.66. The number of aromatic nitrogens is 3. The standard InChI is InChI=1S/C21H19N5O/c1-26-15-19(20(25-26)17-8-10-23-11-9-17)13-18(14-22)21(27)24-12-7-16-5-3-2-4-6-16/h2-6,8-11,13,15H,7,12H2,1H3,(H,24,27). The van der Waals surface area contributed by atoms with Crippen LogP contribution in [0.4, 0.5) is 0 Å². The molecule has 0 aliphatic rings. The minimum Gasteiger partial charge on any atom is -0.351 e. The first kappa shape index (κ1) is 18.1. The van der Waals surface area contributed by atoms with Crippen LogP contribution in [0, 0.1) is 11.3 Å². The molecule has 0 saturated heterocycles. The molecule has 27 heavy (non-hydrogen) atoms. The predicted octanol–water partition coefficient (Wildman–Crippen LogP) is 2.75. The van der Waals surface area contributed by atoms with Crippen molar-refractivity contribution in [3.8, 4) is 17.3 Å². The Hall–Kier alpha value is -3.72. The lowest BCUT2D eigenvalue weighted by molar-refractivity contribution is -0.117. The van der Waals surface area contributed by atoms with Crippen molar-refractivity contribution in [2.24, 2.45) is 7.05 Å². The topological polar surface area (TPSA) is 83.6 Å². The van der Waals surface area contributed by atoms with E-state index < -0.39 is 5.91 Å². The Kier molecular flexibility index (Phi) is 5.75. The lowest BCUT2D eigenvalue weighted by Crippen LogP contribution is -2.26. The molecule has 1 N–H and O–H groups in total. The molecule has 0 radical (unpaired) electrons. The molecular weight excluding hydrogens is 338 g/mol. The number of hydrogen-bond donors (Lipinski definition) is 1. The van der Waals surface area contributed by atoms with Crippen molar-refractivity contribution in [1.29, 1.82) is 5.26 Å². The van der Waals surface area contributed by atoms with Crippen molar-refractivity contribution in [1.82, 2.24) is 20.1 Å². The third-order valence-corrected chi connectivity index (χ3v) is 4.02. The van der Waals surface area contributed by atoms with Gasteiger partial charge in [0, 0.05) is 43.3 Å². The van der Waals surface area contributed by atoms with Gasteiger partial charge in [0.15, 0.2) is 0 Å². The third-order valence-electron chi connectivity index (χ3n) is 4.02. The molecule has 0 bridgehead atoms. The Morgan fingerprint density at radius 2 is 1.96 bits per heavy atom. The molecule has 6 heteroatoms. The van der Waals surface area contributed by atoms with Crippen LogP contribution in [0.3, 0.4) is 0 Å². The lowest BCUT2D eigenvalue weighted by atomic mass is 10.1. The number of aryl methyl sites for hydroxylation is 1. The molecular formula is C21H19N5O. The van der Waals surface area contributed by atoms with E-state index in [9.17, 15) is 10.1 Å². The summed E-state index contributed by atoms with van der Waals surface area (Å²) >= 11 is 0. The number of benzene rings is 1. The number of rotatable bonds is 6. The maximum absolute atomic E-state index is 12.4. The molecule has 0 spiro atoms. The van der Waals surface area contributed by atoms with E-state index in [1.807, 2.05) is 48.5 Å². The zero-order valence-electron chi connectivity index (χ0n) is 15.0. The molecule has 6 nitrogen and oxygen atoms in total. The van der Waals surface area contributed by atoms with Crippen LogP contribution in [0.25, 0.3) is 17.3 Å². The minimum absolute atomic E-state index is 0.0476.